The van der Waals surface area contributed by atoms with Crippen LogP contribution in [0.5, 0.6) is 0 Å². The van der Waals surface area contributed by atoms with Gasteiger partial charge >= 0.3 is 0 Å². The minimum absolute atomic E-state index is 0.0498. The standard InChI is InChI=1S/C24H28N4O/c1-16(18-3-4-18)27-12-11-24-26-22-10-7-20(15-23(22)28(24)14-13-27)19-5-8-21(9-6-19)25-17(2)29/h5-10,15-16,18H,3-4,11-14H2,1-2H3,(H,25,29). The van der Waals surface area contributed by atoms with E-state index in [-0.39, 0.29) is 5.91 Å². The normalized spacial score (nSPS) is 18.3. The summed E-state index contributed by atoms with van der Waals surface area (Å²) in [5.41, 5.74) is 5.47. The first-order valence-electron chi connectivity index (χ1n) is 10.7. The van der Waals surface area contributed by atoms with Crippen LogP contribution in [0.15, 0.2) is 42.5 Å². The maximum Gasteiger partial charge on any atom is 0.221 e. The van der Waals surface area contributed by atoms with Crippen LogP contribution in [0.1, 0.15) is 32.5 Å². The number of nitrogens with zero attached hydrogens (tertiary/aromatic N) is 3. The molecule has 2 aromatic carbocycles. The summed E-state index contributed by atoms with van der Waals surface area (Å²) in [6.07, 6.45) is 3.82. The lowest BCUT2D eigenvalue weighted by atomic mass is 10.0. The molecule has 1 N–H and O–H groups in total. The Labute approximate surface area is 171 Å². The van der Waals surface area contributed by atoms with Gasteiger partial charge in [-0.3, -0.25) is 9.69 Å². The van der Waals surface area contributed by atoms with E-state index in [0.29, 0.717) is 6.04 Å². The molecule has 2 heterocycles. The Morgan fingerprint density at radius 2 is 1.83 bits per heavy atom. The van der Waals surface area contributed by atoms with E-state index in [1.54, 1.807) is 0 Å². The van der Waals surface area contributed by atoms with Crippen molar-refractivity contribution in [1.29, 1.82) is 0 Å². The van der Waals surface area contributed by atoms with Crippen LogP contribution >= 0.6 is 0 Å². The lowest BCUT2D eigenvalue weighted by Gasteiger charge is -2.27. The first-order valence-corrected chi connectivity index (χ1v) is 10.7. The van der Waals surface area contributed by atoms with Gasteiger partial charge in [0, 0.05) is 44.7 Å². The van der Waals surface area contributed by atoms with Crippen molar-refractivity contribution in [3.8, 4) is 11.1 Å². The predicted molar refractivity (Wildman–Crippen MR) is 117 cm³/mol. The second kappa shape index (κ2) is 7.30. The van der Waals surface area contributed by atoms with E-state index in [0.717, 1.165) is 48.7 Å². The zero-order chi connectivity index (χ0) is 20.0. The summed E-state index contributed by atoms with van der Waals surface area (Å²) in [4.78, 5) is 18.8. The van der Waals surface area contributed by atoms with E-state index < -0.39 is 0 Å². The van der Waals surface area contributed by atoms with Gasteiger partial charge in [0.05, 0.1) is 11.0 Å². The second-order valence-electron chi connectivity index (χ2n) is 8.51. The third kappa shape index (κ3) is 3.67. The highest BCUT2D eigenvalue weighted by Crippen LogP contribution is 2.36. The predicted octanol–water partition coefficient (Wildman–Crippen LogP) is 4.32. The van der Waals surface area contributed by atoms with Crippen LogP contribution in [-0.4, -0.2) is 39.5 Å². The van der Waals surface area contributed by atoms with Crippen molar-refractivity contribution in [2.45, 2.75) is 45.7 Å². The fourth-order valence-corrected chi connectivity index (χ4v) is 4.61. The van der Waals surface area contributed by atoms with Gasteiger partial charge in [0.15, 0.2) is 0 Å². The number of carbonyl (C=O) groups excluding carboxylic acids is 1. The highest BCUT2D eigenvalue weighted by Gasteiger charge is 2.32. The van der Waals surface area contributed by atoms with Crippen LogP contribution in [0.4, 0.5) is 5.69 Å². The van der Waals surface area contributed by atoms with E-state index in [9.17, 15) is 4.79 Å². The molecule has 3 aromatic rings. The number of fused-ring (bicyclic) bond motifs is 3. The molecule has 1 saturated carbocycles. The minimum atomic E-state index is -0.0498. The number of hydrogen-bond donors (Lipinski definition) is 1. The van der Waals surface area contributed by atoms with Gasteiger partial charge < -0.3 is 9.88 Å². The number of anilines is 1. The maximum atomic E-state index is 11.2. The first kappa shape index (κ1) is 18.4. The average Bonchev–Trinajstić information content (AvgIpc) is 3.53. The highest BCUT2D eigenvalue weighted by atomic mass is 16.1. The van der Waals surface area contributed by atoms with Crippen molar-refractivity contribution >= 4 is 22.6 Å². The van der Waals surface area contributed by atoms with E-state index in [2.05, 4.69) is 52.0 Å². The molecule has 5 rings (SSSR count). The van der Waals surface area contributed by atoms with Gasteiger partial charge in [0.25, 0.3) is 0 Å². The van der Waals surface area contributed by atoms with Crippen molar-refractivity contribution < 1.29 is 4.79 Å². The van der Waals surface area contributed by atoms with Crippen LogP contribution in [0.2, 0.25) is 0 Å². The first-order chi connectivity index (χ1) is 14.1. The zero-order valence-corrected chi connectivity index (χ0v) is 17.2. The van der Waals surface area contributed by atoms with Crippen LogP contribution in [-0.2, 0) is 17.8 Å². The van der Waals surface area contributed by atoms with Crippen molar-refractivity contribution in [2.24, 2.45) is 5.92 Å². The van der Waals surface area contributed by atoms with Gasteiger partial charge in [-0.25, -0.2) is 4.98 Å². The zero-order valence-electron chi connectivity index (χ0n) is 17.2. The Kier molecular flexibility index (Phi) is 4.63. The summed E-state index contributed by atoms with van der Waals surface area (Å²) in [5.74, 6) is 2.07. The second-order valence-corrected chi connectivity index (χ2v) is 8.51. The summed E-state index contributed by atoms with van der Waals surface area (Å²) in [6, 6.07) is 15.3. The molecule has 1 fully saturated rings. The number of nitrogens with one attached hydrogen (secondary N) is 1. The molecule has 1 aliphatic heterocycles. The Balaban J connectivity index is 1.42. The molecule has 1 unspecified atom stereocenters. The topological polar surface area (TPSA) is 50.2 Å². The molecule has 0 radical (unpaired) electrons. The Hall–Kier alpha value is -2.66. The highest BCUT2D eigenvalue weighted by molar-refractivity contribution is 5.89. The largest absolute Gasteiger partial charge is 0.327 e. The smallest absolute Gasteiger partial charge is 0.221 e. The van der Waals surface area contributed by atoms with Crippen molar-refractivity contribution in [3.05, 3.63) is 48.3 Å². The van der Waals surface area contributed by atoms with Crippen molar-refractivity contribution in [1.82, 2.24) is 14.5 Å². The number of amides is 1. The quantitative estimate of drug-likeness (QED) is 0.724. The number of rotatable bonds is 4. The molecular formula is C24H28N4O. The molecule has 150 valence electrons. The van der Waals surface area contributed by atoms with Crippen molar-refractivity contribution in [3.63, 3.8) is 0 Å². The van der Waals surface area contributed by atoms with Gasteiger partial charge in [0.1, 0.15) is 5.82 Å². The van der Waals surface area contributed by atoms with Crippen molar-refractivity contribution in [2.75, 3.05) is 18.4 Å². The summed E-state index contributed by atoms with van der Waals surface area (Å²) in [7, 11) is 0. The minimum Gasteiger partial charge on any atom is -0.327 e. The lowest BCUT2D eigenvalue weighted by molar-refractivity contribution is -0.114. The van der Waals surface area contributed by atoms with E-state index in [1.165, 1.54) is 36.7 Å². The molecule has 1 amide bonds. The molecule has 0 bridgehead atoms. The Bertz CT molecular complexity index is 1050. The van der Waals surface area contributed by atoms with Crippen LogP contribution in [0.25, 0.3) is 22.2 Å². The van der Waals surface area contributed by atoms with Gasteiger partial charge in [-0.1, -0.05) is 18.2 Å². The molecule has 29 heavy (non-hydrogen) atoms. The fourth-order valence-electron chi connectivity index (χ4n) is 4.61. The van der Waals surface area contributed by atoms with Crippen LogP contribution in [0, 0.1) is 5.92 Å². The van der Waals surface area contributed by atoms with E-state index in [4.69, 9.17) is 4.98 Å². The van der Waals surface area contributed by atoms with E-state index >= 15 is 0 Å². The van der Waals surface area contributed by atoms with Crippen LogP contribution in [0.3, 0.4) is 0 Å². The summed E-state index contributed by atoms with van der Waals surface area (Å²) in [5, 5.41) is 2.82. The third-order valence-electron chi connectivity index (χ3n) is 6.48. The molecule has 1 atom stereocenters. The molecular weight excluding hydrogens is 360 g/mol. The maximum absolute atomic E-state index is 11.2. The van der Waals surface area contributed by atoms with Gasteiger partial charge in [-0.2, -0.15) is 0 Å². The molecule has 2 aliphatic rings. The molecule has 5 nitrogen and oxygen atoms in total. The monoisotopic (exact) mass is 388 g/mol. The summed E-state index contributed by atoms with van der Waals surface area (Å²) < 4.78 is 2.42. The third-order valence-corrected chi connectivity index (χ3v) is 6.48. The summed E-state index contributed by atoms with van der Waals surface area (Å²) >= 11 is 0. The summed E-state index contributed by atoms with van der Waals surface area (Å²) in [6.45, 7) is 7.14. The lowest BCUT2D eigenvalue weighted by Crippen LogP contribution is -2.36. The van der Waals surface area contributed by atoms with Gasteiger partial charge in [0.2, 0.25) is 5.91 Å². The number of hydrogen-bond acceptors (Lipinski definition) is 3. The SMILES string of the molecule is CC(=O)Nc1ccc(-c2ccc3nc4n(c3c2)CCN(C(C)C2CC2)CC4)cc1. The van der Waals surface area contributed by atoms with Gasteiger partial charge in [-0.15, -0.1) is 0 Å². The molecule has 1 aliphatic carbocycles. The number of aromatic nitrogens is 2. The van der Waals surface area contributed by atoms with E-state index in [1.807, 2.05) is 12.1 Å². The molecule has 0 saturated heterocycles. The number of carbonyl (C=O) groups is 1. The average molecular weight is 389 g/mol. The molecule has 0 spiro atoms. The van der Waals surface area contributed by atoms with Gasteiger partial charge in [-0.05, 0) is 61.1 Å². The Morgan fingerprint density at radius 1 is 1.07 bits per heavy atom. The van der Waals surface area contributed by atoms with Crippen LogP contribution < -0.4 is 5.32 Å². The fraction of sp³-hybridized carbons (Fsp3) is 0.417. The number of imidazole rings is 1. The Morgan fingerprint density at radius 3 is 2.55 bits per heavy atom. The molecule has 5 heteroatoms. The number of benzene rings is 2. The molecule has 1 aromatic heterocycles.